The van der Waals surface area contributed by atoms with Crippen molar-refractivity contribution in [2.45, 2.75) is 6.18 Å². The molecule has 136 valence electrons. The number of hydrogen-bond acceptors (Lipinski definition) is 7. The molecule has 0 bridgehead atoms. The van der Waals surface area contributed by atoms with Crippen molar-refractivity contribution < 1.29 is 17.9 Å². The van der Waals surface area contributed by atoms with Gasteiger partial charge in [0.2, 0.25) is 5.88 Å². The second-order valence-corrected chi connectivity index (χ2v) is 5.31. The van der Waals surface area contributed by atoms with E-state index in [-0.39, 0.29) is 11.5 Å². The van der Waals surface area contributed by atoms with Crippen molar-refractivity contribution in [2.24, 2.45) is 0 Å². The molecule has 0 radical (unpaired) electrons. The van der Waals surface area contributed by atoms with E-state index in [1.165, 1.54) is 30.7 Å². The van der Waals surface area contributed by atoms with Gasteiger partial charge in [0, 0.05) is 24.1 Å². The maximum Gasteiger partial charge on any atom is 0.453 e. The van der Waals surface area contributed by atoms with Crippen molar-refractivity contribution in [3.8, 4) is 11.6 Å². The van der Waals surface area contributed by atoms with Gasteiger partial charge in [0.15, 0.2) is 11.5 Å². The van der Waals surface area contributed by atoms with E-state index in [1.54, 1.807) is 24.3 Å². The first-order chi connectivity index (χ1) is 13.0. The minimum absolute atomic E-state index is 0.00684. The number of hydrogen-bond donors (Lipinski definition) is 1. The molecule has 0 aliphatic heterocycles. The minimum Gasteiger partial charge on any atom is -0.437 e. The van der Waals surface area contributed by atoms with Crippen molar-refractivity contribution in [2.75, 3.05) is 5.32 Å². The minimum atomic E-state index is -4.66. The predicted molar refractivity (Wildman–Crippen MR) is 87.6 cm³/mol. The average molecular weight is 373 g/mol. The van der Waals surface area contributed by atoms with Gasteiger partial charge in [-0.05, 0) is 24.3 Å². The van der Waals surface area contributed by atoms with E-state index in [0.717, 1.165) is 0 Å². The van der Waals surface area contributed by atoms with E-state index >= 15 is 0 Å². The lowest BCUT2D eigenvalue weighted by Crippen LogP contribution is -2.13. The van der Waals surface area contributed by atoms with Crippen LogP contribution in [0.5, 0.6) is 11.6 Å². The van der Waals surface area contributed by atoms with Crippen LogP contribution >= 0.6 is 0 Å². The van der Waals surface area contributed by atoms with E-state index < -0.39 is 12.0 Å². The molecule has 0 aliphatic carbocycles. The van der Waals surface area contributed by atoms with Gasteiger partial charge >= 0.3 is 6.18 Å². The van der Waals surface area contributed by atoms with Crippen LogP contribution in [0, 0.1) is 0 Å². The number of halogens is 3. The molecule has 0 aliphatic rings. The second kappa shape index (κ2) is 6.52. The highest BCUT2D eigenvalue weighted by Gasteiger charge is 2.37. The van der Waals surface area contributed by atoms with Crippen LogP contribution in [0.4, 0.5) is 24.7 Å². The van der Waals surface area contributed by atoms with Gasteiger partial charge in [0.25, 0.3) is 5.82 Å². The maximum atomic E-state index is 13.0. The summed E-state index contributed by atoms with van der Waals surface area (Å²) in [5.74, 6) is -0.222. The number of benzene rings is 1. The fourth-order valence-electron chi connectivity index (χ4n) is 2.28. The molecular formula is C16H10F3N7O. The molecular weight excluding hydrogens is 363 g/mol. The molecule has 1 aromatic carbocycles. The molecule has 11 heteroatoms. The Morgan fingerprint density at radius 1 is 1.04 bits per heavy atom. The molecule has 0 amide bonds. The predicted octanol–water partition coefficient (Wildman–Crippen LogP) is 3.47. The first-order valence-corrected chi connectivity index (χ1v) is 7.60. The third kappa shape index (κ3) is 3.61. The zero-order chi connectivity index (χ0) is 18.9. The molecule has 0 unspecified atom stereocenters. The van der Waals surface area contributed by atoms with Gasteiger partial charge in [-0.2, -0.15) is 17.7 Å². The van der Waals surface area contributed by atoms with Crippen LogP contribution in [0.1, 0.15) is 5.82 Å². The Morgan fingerprint density at radius 2 is 1.93 bits per heavy atom. The van der Waals surface area contributed by atoms with Crippen molar-refractivity contribution in [1.29, 1.82) is 0 Å². The maximum absolute atomic E-state index is 13.0. The molecule has 0 saturated carbocycles. The van der Waals surface area contributed by atoms with Crippen molar-refractivity contribution in [1.82, 2.24) is 29.8 Å². The number of anilines is 2. The molecule has 4 aromatic rings. The van der Waals surface area contributed by atoms with Crippen LogP contribution in [0.2, 0.25) is 0 Å². The fraction of sp³-hybridized carbons (Fsp3) is 0.0625. The lowest BCUT2D eigenvalue weighted by atomic mass is 10.3. The van der Waals surface area contributed by atoms with Crippen molar-refractivity contribution >= 4 is 17.2 Å². The Kier molecular flexibility index (Phi) is 4.03. The van der Waals surface area contributed by atoms with Gasteiger partial charge in [-0.15, -0.1) is 15.3 Å². The van der Waals surface area contributed by atoms with Crippen LogP contribution in [0.25, 0.3) is 5.65 Å². The van der Waals surface area contributed by atoms with E-state index in [2.05, 4.69) is 30.6 Å². The summed E-state index contributed by atoms with van der Waals surface area (Å²) in [6, 6.07) is 9.67. The first kappa shape index (κ1) is 16.7. The van der Waals surface area contributed by atoms with Gasteiger partial charge in [-0.3, -0.25) is 4.98 Å². The number of aromatic nitrogens is 6. The topological polar surface area (TPSA) is 90.1 Å². The smallest absolute Gasteiger partial charge is 0.437 e. The molecule has 0 spiro atoms. The van der Waals surface area contributed by atoms with Gasteiger partial charge in [-0.25, -0.2) is 4.98 Å². The molecule has 8 nitrogen and oxygen atoms in total. The van der Waals surface area contributed by atoms with Gasteiger partial charge in [0.1, 0.15) is 5.75 Å². The molecule has 27 heavy (non-hydrogen) atoms. The Bertz CT molecular complexity index is 1080. The Morgan fingerprint density at radius 3 is 2.70 bits per heavy atom. The molecule has 1 N–H and O–H groups in total. The zero-order valence-electron chi connectivity index (χ0n) is 13.4. The van der Waals surface area contributed by atoms with Crippen molar-refractivity contribution in [3.63, 3.8) is 0 Å². The standard InChI is InChI=1S/C16H10F3N7O/c17-16(18,19)15-24-23-13-5-4-12(25-26(13)15)22-10-2-1-3-11(8-10)27-14-9-20-6-7-21-14/h1-9H,(H,22,25). The van der Waals surface area contributed by atoms with E-state index in [0.29, 0.717) is 21.8 Å². The molecule has 3 heterocycles. The third-order valence-electron chi connectivity index (χ3n) is 3.38. The fourth-order valence-corrected chi connectivity index (χ4v) is 2.28. The monoisotopic (exact) mass is 373 g/mol. The van der Waals surface area contributed by atoms with Crippen LogP contribution in [0.3, 0.4) is 0 Å². The number of nitrogens with zero attached hydrogens (tertiary/aromatic N) is 6. The molecule has 3 aromatic heterocycles. The van der Waals surface area contributed by atoms with E-state index in [4.69, 9.17) is 4.74 Å². The Labute approximate surface area is 149 Å². The number of alkyl halides is 3. The van der Waals surface area contributed by atoms with Crippen LogP contribution in [-0.2, 0) is 6.18 Å². The third-order valence-corrected chi connectivity index (χ3v) is 3.38. The van der Waals surface area contributed by atoms with Crippen molar-refractivity contribution in [3.05, 3.63) is 60.8 Å². The SMILES string of the molecule is FC(F)(F)c1nnc2ccc(Nc3cccc(Oc4cnccn4)c3)nn12. The molecule has 4 rings (SSSR count). The van der Waals surface area contributed by atoms with E-state index in [1.807, 2.05) is 0 Å². The Balaban J connectivity index is 1.60. The number of ether oxygens (including phenoxy) is 1. The van der Waals surface area contributed by atoms with Crippen LogP contribution < -0.4 is 10.1 Å². The lowest BCUT2D eigenvalue weighted by Gasteiger charge is -2.09. The zero-order valence-corrected chi connectivity index (χ0v) is 13.4. The van der Waals surface area contributed by atoms with Gasteiger partial charge in [0.05, 0.1) is 6.20 Å². The van der Waals surface area contributed by atoms with E-state index in [9.17, 15) is 13.2 Å². The largest absolute Gasteiger partial charge is 0.453 e. The number of rotatable bonds is 4. The lowest BCUT2D eigenvalue weighted by molar-refractivity contribution is -0.146. The normalized spacial score (nSPS) is 11.5. The highest BCUT2D eigenvalue weighted by molar-refractivity contribution is 5.59. The van der Waals surface area contributed by atoms with Crippen LogP contribution in [0.15, 0.2) is 55.0 Å². The highest BCUT2D eigenvalue weighted by Crippen LogP contribution is 2.28. The summed E-state index contributed by atoms with van der Waals surface area (Å²) in [4.78, 5) is 7.91. The summed E-state index contributed by atoms with van der Waals surface area (Å²) in [5, 5.41) is 13.4. The summed E-state index contributed by atoms with van der Waals surface area (Å²) in [5.41, 5.74) is 0.553. The highest BCUT2D eigenvalue weighted by atomic mass is 19.4. The Hall–Kier alpha value is -3.76. The summed E-state index contributed by atoms with van der Waals surface area (Å²) >= 11 is 0. The number of fused-ring (bicyclic) bond motifs is 1. The van der Waals surface area contributed by atoms with Gasteiger partial charge < -0.3 is 10.1 Å². The summed E-state index contributed by atoms with van der Waals surface area (Å²) < 4.78 is 45.1. The van der Waals surface area contributed by atoms with Crippen LogP contribution in [-0.4, -0.2) is 29.8 Å². The molecule has 0 atom stereocenters. The summed E-state index contributed by atoms with van der Waals surface area (Å²) in [7, 11) is 0. The van der Waals surface area contributed by atoms with Gasteiger partial charge in [-0.1, -0.05) is 6.07 Å². The summed E-state index contributed by atoms with van der Waals surface area (Å²) in [6.45, 7) is 0. The first-order valence-electron chi connectivity index (χ1n) is 7.60. The average Bonchev–Trinajstić information content (AvgIpc) is 3.06. The second-order valence-electron chi connectivity index (χ2n) is 5.31. The summed E-state index contributed by atoms with van der Waals surface area (Å²) in [6.07, 6.45) is -0.184. The number of nitrogens with one attached hydrogen (secondary N) is 1. The quantitative estimate of drug-likeness (QED) is 0.586. The molecule has 0 fully saturated rings. The molecule has 0 saturated heterocycles.